The van der Waals surface area contributed by atoms with Crippen LogP contribution in [0.1, 0.15) is 29.7 Å². The molecular formula is C17H20N2O. The Morgan fingerprint density at radius 3 is 2.45 bits per heavy atom. The number of anilines is 1. The van der Waals surface area contributed by atoms with Crippen LogP contribution in [-0.2, 0) is 13.1 Å². The van der Waals surface area contributed by atoms with Crippen molar-refractivity contribution in [3.63, 3.8) is 0 Å². The second-order valence-corrected chi connectivity index (χ2v) is 5.38. The molecule has 2 aromatic rings. The lowest BCUT2D eigenvalue weighted by atomic mass is 10.1. The van der Waals surface area contributed by atoms with E-state index in [1.165, 1.54) is 16.7 Å². The molecule has 0 aliphatic carbocycles. The van der Waals surface area contributed by atoms with Crippen LogP contribution < -0.4 is 10.5 Å². The number of benzene rings is 2. The van der Waals surface area contributed by atoms with Crippen molar-refractivity contribution in [2.24, 2.45) is 0 Å². The maximum absolute atomic E-state index is 5.86. The van der Waals surface area contributed by atoms with E-state index >= 15 is 0 Å². The Morgan fingerprint density at radius 2 is 1.75 bits per heavy atom. The van der Waals surface area contributed by atoms with Crippen molar-refractivity contribution in [1.29, 1.82) is 0 Å². The summed E-state index contributed by atoms with van der Waals surface area (Å²) >= 11 is 0. The number of rotatable bonds is 3. The highest BCUT2D eigenvalue weighted by Crippen LogP contribution is 2.32. The van der Waals surface area contributed by atoms with Gasteiger partial charge in [0, 0.05) is 24.8 Å². The van der Waals surface area contributed by atoms with Gasteiger partial charge in [-0.3, -0.25) is 4.90 Å². The van der Waals surface area contributed by atoms with Crippen LogP contribution in [0.5, 0.6) is 5.75 Å². The first kappa shape index (κ1) is 13.0. The van der Waals surface area contributed by atoms with Crippen molar-refractivity contribution in [1.82, 2.24) is 4.90 Å². The average molecular weight is 268 g/mol. The summed E-state index contributed by atoms with van der Waals surface area (Å²) in [7, 11) is 1.69. The van der Waals surface area contributed by atoms with Crippen LogP contribution in [0.4, 0.5) is 5.69 Å². The minimum atomic E-state index is 0.384. The second kappa shape index (κ2) is 5.17. The summed E-state index contributed by atoms with van der Waals surface area (Å²) < 4.78 is 5.21. The maximum Gasteiger partial charge on any atom is 0.118 e. The molecule has 0 spiro atoms. The molecule has 3 nitrogen and oxygen atoms in total. The number of nitrogens with zero attached hydrogens (tertiary/aromatic N) is 1. The summed E-state index contributed by atoms with van der Waals surface area (Å²) in [5, 5.41) is 0. The largest absolute Gasteiger partial charge is 0.497 e. The summed E-state index contributed by atoms with van der Waals surface area (Å²) in [6, 6.07) is 14.9. The quantitative estimate of drug-likeness (QED) is 0.868. The van der Waals surface area contributed by atoms with E-state index in [-0.39, 0.29) is 0 Å². The molecule has 2 aromatic carbocycles. The number of fused-ring (bicyclic) bond motifs is 1. The number of methoxy groups -OCH3 is 1. The Balaban J connectivity index is 1.77. The number of nitrogen functional groups attached to an aromatic ring is 1. The van der Waals surface area contributed by atoms with Crippen LogP contribution in [0.2, 0.25) is 0 Å². The van der Waals surface area contributed by atoms with Gasteiger partial charge in [-0.2, -0.15) is 0 Å². The molecular weight excluding hydrogens is 248 g/mol. The fraction of sp³-hybridized carbons (Fsp3) is 0.294. The highest BCUT2D eigenvalue weighted by Gasteiger charge is 2.24. The lowest BCUT2D eigenvalue weighted by Gasteiger charge is -2.24. The van der Waals surface area contributed by atoms with Crippen LogP contribution in [0.15, 0.2) is 42.5 Å². The van der Waals surface area contributed by atoms with Crippen molar-refractivity contribution in [2.45, 2.75) is 26.1 Å². The fourth-order valence-corrected chi connectivity index (χ4v) is 2.81. The van der Waals surface area contributed by atoms with Gasteiger partial charge in [-0.25, -0.2) is 0 Å². The molecule has 1 aliphatic rings. The predicted octanol–water partition coefficient (Wildman–Crippen LogP) is 3.35. The maximum atomic E-state index is 5.86. The summed E-state index contributed by atoms with van der Waals surface area (Å²) in [6.45, 7) is 4.20. The normalized spacial score (nSPS) is 15.9. The molecule has 3 heteroatoms. The Labute approximate surface area is 120 Å². The molecule has 0 saturated carbocycles. The Kier molecular flexibility index (Phi) is 3.36. The highest BCUT2D eigenvalue weighted by atomic mass is 16.5. The molecule has 3 rings (SSSR count). The zero-order chi connectivity index (χ0) is 14.1. The monoisotopic (exact) mass is 268 g/mol. The molecule has 1 atom stereocenters. The molecule has 1 aliphatic heterocycles. The van der Waals surface area contributed by atoms with Gasteiger partial charge in [-0.05, 0) is 47.9 Å². The van der Waals surface area contributed by atoms with E-state index in [4.69, 9.17) is 10.5 Å². The molecule has 0 radical (unpaired) electrons. The molecule has 0 fully saturated rings. The number of nitrogens with two attached hydrogens (primary N) is 1. The molecule has 0 amide bonds. The topological polar surface area (TPSA) is 38.5 Å². The molecule has 20 heavy (non-hydrogen) atoms. The SMILES string of the molecule is COc1ccc(C(C)N2Cc3ccc(N)cc3C2)cc1. The first-order valence-electron chi connectivity index (χ1n) is 6.92. The van der Waals surface area contributed by atoms with Crippen LogP contribution in [0, 0.1) is 0 Å². The van der Waals surface area contributed by atoms with E-state index in [9.17, 15) is 0 Å². The van der Waals surface area contributed by atoms with Crippen LogP contribution >= 0.6 is 0 Å². The van der Waals surface area contributed by atoms with E-state index < -0.39 is 0 Å². The third-order valence-electron chi connectivity index (χ3n) is 4.12. The molecule has 0 saturated heterocycles. The first-order chi connectivity index (χ1) is 9.67. The van der Waals surface area contributed by atoms with Gasteiger partial charge in [0.25, 0.3) is 0 Å². The van der Waals surface area contributed by atoms with Crippen LogP contribution in [0.3, 0.4) is 0 Å². The molecule has 0 bridgehead atoms. The number of hydrogen-bond acceptors (Lipinski definition) is 3. The Bertz CT molecular complexity index is 607. The second-order valence-electron chi connectivity index (χ2n) is 5.38. The molecule has 1 unspecified atom stereocenters. The van der Waals surface area contributed by atoms with E-state index in [0.29, 0.717) is 6.04 Å². The number of ether oxygens (including phenoxy) is 1. The zero-order valence-corrected chi connectivity index (χ0v) is 12.0. The lowest BCUT2D eigenvalue weighted by molar-refractivity contribution is 0.215. The number of hydrogen-bond donors (Lipinski definition) is 1. The third kappa shape index (κ3) is 2.37. The fourth-order valence-electron chi connectivity index (χ4n) is 2.81. The minimum Gasteiger partial charge on any atom is -0.497 e. The predicted molar refractivity (Wildman–Crippen MR) is 81.5 cm³/mol. The smallest absolute Gasteiger partial charge is 0.118 e. The summed E-state index contributed by atoms with van der Waals surface area (Å²) in [6.07, 6.45) is 0. The minimum absolute atomic E-state index is 0.384. The van der Waals surface area contributed by atoms with E-state index in [1.807, 2.05) is 18.2 Å². The van der Waals surface area contributed by atoms with Crippen molar-refractivity contribution >= 4 is 5.69 Å². The van der Waals surface area contributed by atoms with E-state index in [0.717, 1.165) is 24.5 Å². The molecule has 0 aromatic heterocycles. The molecule has 2 N–H and O–H groups in total. The van der Waals surface area contributed by atoms with Gasteiger partial charge in [-0.1, -0.05) is 18.2 Å². The van der Waals surface area contributed by atoms with Gasteiger partial charge in [-0.15, -0.1) is 0 Å². The van der Waals surface area contributed by atoms with Gasteiger partial charge in [0.05, 0.1) is 7.11 Å². The van der Waals surface area contributed by atoms with Crippen LogP contribution in [-0.4, -0.2) is 12.0 Å². The van der Waals surface area contributed by atoms with Gasteiger partial charge < -0.3 is 10.5 Å². The van der Waals surface area contributed by atoms with Gasteiger partial charge in [0.1, 0.15) is 5.75 Å². The van der Waals surface area contributed by atoms with Crippen molar-refractivity contribution < 1.29 is 4.74 Å². The van der Waals surface area contributed by atoms with Gasteiger partial charge >= 0.3 is 0 Å². The zero-order valence-electron chi connectivity index (χ0n) is 12.0. The summed E-state index contributed by atoms with van der Waals surface area (Å²) in [4.78, 5) is 2.46. The van der Waals surface area contributed by atoms with E-state index in [2.05, 4.69) is 36.1 Å². The highest BCUT2D eigenvalue weighted by molar-refractivity contribution is 5.46. The van der Waals surface area contributed by atoms with Crippen LogP contribution in [0.25, 0.3) is 0 Å². The summed E-state index contributed by atoms with van der Waals surface area (Å²) in [5.74, 6) is 0.901. The van der Waals surface area contributed by atoms with Gasteiger partial charge in [0.2, 0.25) is 0 Å². The van der Waals surface area contributed by atoms with Gasteiger partial charge in [0.15, 0.2) is 0 Å². The third-order valence-corrected chi connectivity index (χ3v) is 4.12. The Hall–Kier alpha value is -2.00. The average Bonchev–Trinajstić information content (AvgIpc) is 2.89. The Morgan fingerprint density at radius 1 is 1.05 bits per heavy atom. The van der Waals surface area contributed by atoms with Crippen molar-refractivity contribution in [3.8, 4) is 5.75 Å². The van der Waals surface area contributed by atoms with E-state index in [1.54, 1.807) is 7.11 Å². The standard InChI is InChI=1S/C17H20N2O/c1-12(13-4-7-17(20-2)8-5-13)19-10-14-3-6-16(18)9-15(14)11-19/h3-9,12H,10-11,18H2,1-2H3. The first-order valence-corrected chi connectivity index (χ1v) is 6.92. The van der Waals surface area contributed by atoms with Crippen molar-refractivity contribution in [3.05, 3.63) is 59.2 Å². The summed E-state index contributed by atoms with van der Waals surface area (Å²) in [5.41, 5.74) is 10.8. The lowest BCUT2D eigenvalue weighted by Crippen LogP contribution is -2.20. The molecule has 104 valence electrons. The van der Waals surface area contributed by atoms with Crippen molar-refractivity contribution in [2.75, 3.05) is 12.8 Å². The molecule has 1 heterocycles.